The summed E-state index contributed by atoms with van der Waals surface area (Å²) in [4.78, 5) is 37.1. The molecule has 0 bridgehead atoms. The Balaban J connectivity index is 1.79. The van der Waals surface area contributed by atoms with Gasteiger partial charge < -0.3 is 20.7 Å². The summed E-state index contributed by atoms with van der Waals surface area (Å²) in [6.07, 6.45) is 0.622. The number of carbonyl (C=O) groups is 3. The van der Waals surface area contributed by atoms with E-state index in [0.29, 0.717) is 28.8 Å². The van der Waals surface area contributed by atoms with Gasteiger partial charge in [0.15, 0.2) is 6.10 Å². The number of primary amides is 1. The highest BCUT2D eigenvalue weighted by Gasteiger charge is 2.32. The maximum atomic E-state index is 12.2. The number of rotatable bonds is 7. The van der Waals surface area contributed by atoms with E-state index in [1.54, 1.807) is 19.1 Å². The van der Waals surface area contributed by atoms with Crippen molar-refractivity contribution in [2.75, 3.05) is 13.1 Å². The van der Waals surface area contributed by atoms with Gasteiger partial charge in [0.25, 0.3) is 5.91 Å². The summed E-state index contributed by atoms with van der Waals surface area (Å²) in [6.45, 7) is 2.22. The minimum Gasteiger partial charge on any atom is -0.479 e. The molecule has 0 saturated carbocycles. The molecule has 1 aliphatic heterocycles. The third-order valence-corrected chi connectivity index (χ3v) is 4.64. The lowest BCUT2D eigenvalue weighted by atomic mass is 10.2. The monoisotopic (exact) mass is 401 g/mol. The van der Waals surface area contributed by atoms with Crippen molar-refractivity contribution in [2.45, 2.75) is 38.3 Å². The molecule has 2 rings (SSSR count). The average molecular weight is 402 g/mol. The number of carbonyl (C=O) groups excluding carboxylic acids is 3. The van der Waals surface area contributed by atoms with Gasteiger partial charge in [0.1, 0.15) is 11.8 Å². The lowest BCUT2D eigenvalue weighted by molar-refractivity contribution is -0.137. The minimum absolute atomic E-state index is 0.0872. The normalized spacial score (nSPS) is 17.7. The van der Waals surface area contributed by atoms with E-state index >= 15 is 0 Å². The van der Waals surface area contributed by atoms with Crippen LogP contribution >= 0.6 is 23.2 Å². The highest BCUT2D eigenvalue weighted by atomic mass is 35.5. The van der Waals surface area contributed by atoms with Crippen molar-refractivity contribution < 1.29 is 19.1 Å². The van der Waals surface area contributed by atoms with Crippen LogP contribution in [0.3, 0.4) is 0 Å². The second-order valence-electron chi connectivity index (χ2n) is 6.02. The molecule has 1 fully saturated rings. The number of benzene rings is 1. The van der Waals surface area contributed by atoms with Crippen LogP contribution in [-0.4, -0.2) is 47.9 Å². The Hall–Kier alpha value is -1.99. The molecule has 1 aromatic rings. The standard InChI is InChI=1S/C17H21Cl2N3O4/c1-10(26-14-5-4-11(18)9-12(14)19)17(25)21-7-6-15(23)22-8-2-3-13(22)16(20)24/h4-5,9-10,13H,2-3,6-8H2,1H3,(H2,20,24)(H,21,25). The Morgan fingerprint density at radius 3 is 2.77 bits per heavy atom. The van der Waals surface area contributed by atoms with E-state index in [4.69, 9.17) is 33.7 Å². The van der Waals surface area contributed by atoms with Crippen LogP contribution in [0.25, 0.3) is 0 Å². The van der Waals surface area contributed by atoms with E-state index in [9.17, 15) is 14.4 Å². The summed E-state index contributed by atoms with van der Waals surface area (Å²) in [5.41, 5.74) is 5.30. The van der Waals surface area contributed by atoms with Crippen molar-refractivity contribution in [2.24, 2.45) is 5.73 Å². The molecular weight excluding hydrogens is 381 g/mol. The van der Waals surface area contributed by atoms with Gasteiger partial charge in [-0.2, -0.15) is 0 Å². The fraction of sp³-hybridized carbons (Fsp3) is 0.471. The summed E-state index contributed by atoms with van der Waals surface area (Å²) in [5, 5.41) is 3.41. The Labute approximate surface area is 161 Å². The molecule has 142 valence electrons. The SMILES string of the molecule is CC(Oc1ccc(Cl)cc1Cl)C(=O)NCCC(=O)N1CCCC1C(N)=O. The minimum atomic E-state index is -0.797. The van der Waals surface area contributed by atoms with Crippen LogP contribution in [0, 0.1) is 0 Å². The first-order valence-corrected chi connectivity index (χ1v) is 9.03. The van der Waals surface area contributed by atoms with Crippen LogP contribution in [0.1, 0.15) is 26.2 Å². The van der Waals surface area contributed by atoms with Gasteiger partial charge in [0.05, 0.1) is 5.02 Å². The van der Waals surface area contributed by atoms with Gasteiger partial charge in [-0.05, 0) is 38.0 Å². The molecule has 1 heterocycles. The number of nitrogens with one attached hydrogen (secondary N) is 1. The van der Waals surface area contributed by atoms with Gasteiger partial charge in [-0.3, -0.25) is 14.4 Å². The van der Waals surface area contributed by atoms with Gasteiger partial charge in [-0.1, -0.05) is 23.2 Å². The number of ether oxygens (including phenoxy) is 1. The Kier molecular flexibility index (Phi) is 7.11. The average Bonchev–Trinajstić information content (AvgIpc) is 3.07. The summed E-state index contributed by atoms with van der Waals surface area (Å²) < 4.78 is 5.51. The molecule has 0 aromatic heterocycles. The maximum Gasteiger partial charge on any atom is 0.260 e. The quantitative estimate of drug-likeness (QED) is 0.726. The van der Waals surface area contributed by atoms with Crippen molar-refractivity contribution in [1.82, 2.24) is 10.2 Å². The lowest BCUT2D eigenvalue weighted by Crippen LogP contribution is -2.45. The molecule has 9 heteroatoms. The lowest BCUT2D eigenvalue weighted by Gasteiger charge is -2.22. The maximum absolute atomic E-state index is 12.2. The van der Waals surface area contributed by atoms with Crippen molar-refractivity contribution in [3.8, 4) is 5.75 Å². The highest BCUT2D eigenvalue weighted by molar-refractivity contribution is 6.35. The Morgan fingerprint density at radius 2 is 2.12 bits per heavy atom. The summed E-state index contributed by atoms with van der Waals surface area (Å²) in [6, 6.07) is 4.16. The first-order valence-electron chi connectivity index (χ1n) is 8.27. The molecule has 0 aliphatic carbocycles. The third-order valence-electron chi connectivity index (χ3n) is 4.11. The van der Waals surface area contributed by atoms with E-state index in [0.717, 1.165) is 6.42 Å². The molecule has 0 spiro atoms. The van der Waals surface area contributed by atoms with E-state index in [1.165, 1.54) is 11.0 Å². The number of halogens is 2. The third kappa shape index (κ3) is 5.25. The van der Waals surface area contributed by atoms with Crippen molar-refractivity contribution in [3.05, 3.63) is 28.2 Å². The highest BCUT2D eigenvalue weighted by Crippen LogP contribution is 2.28. The predicted octanol–water partition coefficient (Wildman–Crippen LogP) is 1.74. The zero-order valence-electron chi connectivity index (χ0n) is 14.3. The van der Waals surface area contributed by atoms with Crippen molar-refractivity contribution in [3.63, 3.8) is 0 Å². The van der Waals surface area contributed by atoms with E-state index in [-0.39, 0.29) is 24.8 Å². The number of nitrogens with two attached hydrogens (primary N) is 1. The molecule has 1 aromatic carbocycles. The zero-order valence-corrected chi connectivity index (χ0v) is 15.8. The van der Waals surface area contributed by atoms with Gasteiger partial charge >= 0.3 is 0 Å². The Morgan fingerprint density at radius 1 is 1.38 bits per heavy atom. The molecule has 7 nitrogen and oxygen atoms in total. The van der Waals surface area contributed by atoms with Crippen LogP contribution in [0.15, 0.2) is 18.2 Å². The van der Waals surface area contributed by atoms with Gasteiger partial charge in [0, 0.05) is 24.5 Å². The number of hydrogen-bond acceptors (Lipinski definition) is 4. The number of amides is 3. The first kappa shape index (κ1) is 20.3. The molecule has 1 aliphatic rings. The number of hydrogen-bond donors (Lipinski definition) is 2. The summed E-state index contributed by atoms with van der Waals surface area (Å²) in [7, 11) is 0. The fourth-order valence-electron chi connectivity index (χ4n) is 2.76. The molecule has 0 radical (unpaired) electrons. The molecule has 3 N–H and O–H groups in total. The molecular formula is C17H21Cl2N3O4. The summed E-state index contributed by atoms with van der Waals surface area (Å²) >= 11 is 11.8. The smallest absolute Gasteiger partial charge is 0.260 e. The van der Waals surface area contributed by atoms with Gasteiger partial charge in [-0.15, -0.1) is 0 Å². The van der Waals surface area contributed by atoms with Crippen molar-refractivity contribution >= 4 is 40.9 Å². The number of nitrogens with zero attached hydrogens (tertiary/aromatic N) is 1. The van der Waals surface area contributed by atoms with E-state index < -0.39 is 18.1 Å². The zero-order chi connectivity index (χ0) is 19.3. The second-order valence-corrected chi connectivity index (χ2v) is 6.87. The molecule has 26 heavy (non-hydrogen) atoms. The van der Waals surface area contributed by atoms with E-state index in [1.807, 2.05) is 0 Å². The Bertz CT molecular complexity index is 699. The number of likely N-dealkylation sites (tertiary alicyclic amines) is 1. The summed E-state index contributed by atoms with van der Waals surface area (Å²) in [5.74, 6) is -0.740. The fourth-order valence-corrected chi connectivity index (χ4v) is 3.21. The second kappa shape index (κ2) is 9.09. The van der Waals surface area contributed by atoms with Crippen LogP contribution in [-0.2, 0) is 14.4 Å². The molecule has 2 unspecified atom stereocenters. The van der Waals surface area contributed by atoms with Gasteiger partial charge in [-0.25, -0.2) is 0 Å². The molecule has 1 saturated heterocycles. The first-order chi connectivity index (χ1) is 12.3. The van der Waals surface area contributed by atoms with Crippen molar-refractivity contribution in [1.29, 1.82) is 0 Å². The largest absolute Gasteiger partial charge is 0.479 e. The predicted molar refractivity (Wildman–Crippen MR) is 98.1 cm³/mol. The molecule has 3 amide bonds. The molecule has 2 atom stereocenters. The topological polar surface area (TPSA) is 102 Å². The van der Waals surface area contributed by atoms with Crippen LogP contribution in [0.4, 0.5) is 0 Å². The van der Waals surface area contributed by atoms with Crippen LogP contribution in [0.2, 0.25) is 10.0 Å². The van der Waals surface area contributed by atoms with E-state index in [2.05, 4.69) is 5.32 Å². The van der Waals surface area contributed by atoms with Crippen LogP contribution in [0.5, 0.6) is 5.75 Å². The van der Waals surface area contributed by atoms with Crippen LogP contribution < -0.4 is 15.8 Å². The van der Waals surface area contributed by atoms with Gasteiger partial charge in [0.2, 0.25) is 11.8 Å².